The molecule has 2 unspecified atom stereocenters. The van der Waals surface area contributed by atoms with Crippen LogP contribution in [0.3, 0.4) is 0 Å². The van der Waals surface area contributed by atoms with Gasteiger partial charge in [0, 0.05) is 18.1 Å². The SMILES string of the molecule is CC1CCC(N(C)C(C)C(N)c2ccc(F)cc2)CC1. The number of benzene rings is 1. The van der Waals surface area contributed by atoms with Crippen molar-refractivity contribution in [3.05, 3.63) is 35.6 Å². The molecule has 2 atom stereocenters. The molecule has 2 N–H and O–H groups in total. The van der Waals surface area contributed by atoms with Crippen molar-refractivity contribution in [1.82, 2.24) is 4.90 Å². The molecule has 0 aromatic heterocycles. The highest BCUT2D eigenvalue weighted by Crippen LogP contribution is 2.29. The minimum absolute atomic E-state index is 0.0695. The van der Waals surface area contributed by atoms with E-state index in [1.165, 1.54) is 37.8 Å². The molecule has 0 bridgehead atoms. The molecule has 1 aliphatic carbocycles. The first-order valence-electron chi connectivity index (χ1n) is 7.72. The zero-order valence-corrected chi connectivity index (χ0v) is 12.8. The standard InChI is InChI=1S/C17H27FN2/c1-12-4-10-16(11-5-12)20(3)13(2)17(19)14-6-8-15(18)9-7-14/h6-9,12-13,16-17H,4-5,10-11,19H2,1-3H3. The second kappa shape index (κ2) is 6.68. The maximum Gasteiger partial charge on any atom is 0.123 e. The van der Waals surface area contributed by atoms with Crippen LogP contribution in [0.15, 0.2) is 24.3 Å². The predicted molar refractivity (Wildman–Crippen MR) is 82.0 cm³/mol. The van der Waals surface area contributed by atoms with Crippen molar-refractivity contribution in [3.8, 4) is 0 Å². The molecule has 1 aliphatic rings. The first kappa shape index (κ1) is 15.5. The van der Waals surface area contributed by atoms with E-state index in [2.05, 4.69) is 25.8 Å². The van der Waals surface area contributed by atoms with E-state index in [-0.39, 0.29) is 17.9 Å². The third-order valence-electron chi connectivity index (χ3n) is 4.98. The Bertz CT molecular complexity index is 410. The van der Waals surface area contributed by atoms with Crippen molar-refractivity contribution in [2.75, 3.05) is 7.05 Å². The molecule has 0 aliphatic heterocycles. The molecule has 1 saturated carbocycles. The fraction of sp³-hybridized carbons (Fsp3) is 0.647. The third kappa shape index (κ3) is 3.58. The summed E-state index contributed by atoms with van der Waals surface area (Å²) in [4.78, 5) is 2.42. The van der Waals surface area contributed by atoms with E-state index in [1.807, 2.05) is 0 Å². The quantitative estimate of drug-likeness (QED) is 0.909. The van der Waals surface area contributed by atoms with Crippen LogP contribution in [0, 0.1) is 11.7 Å². The number of hydrogen-bond acceptors (Lipinski definition) is 2. The van der Waals surface area contributed by atoms with Gasteiger partial charge in [-0.15, -0.1) is 0 Å². The number of hydrogen-bond donors (Lipinski definition) is 1. The van der Waals surface area contributed by atoms with Gasteiger partial charge in [0.1, 0.15) is 5.82 Å². The molecule has 0 amide bonds. The van der Waals surface area contributed by atoms with Gasteiger partial charge in [0.15, 0.2) is 0 Å². The summed E-state index contributed by atoms with van der Waals surface area (Å²) in [6, 6.07) is 7.40. The topological polar surface area (TPSA) is 29.3 Å². The van der Waals surface area contributed by atoms with Crippen molar-refractivity contribution < 1.29 is 4.39 Å². The van der Waals surface area contributed by atoms with Gasteiger partial charge in [0.05, 0.1) is 0 Å². The number of nitrogens with two attached hydrogens (primary N) is 1. The lowest BCUT2D eigenvalue weighted by molar-refractivity contribution is 0.117. The molecule has 1 aromatic carbocycles. The van der Waals surface area contributed by atoms with Crippen LogP contribution < -0.4 is 5.73 Å². The molecule has 20 heavy (non-hydrogen) atoms. The van der Waals surface area contributed by atoms with Crippen LogP contribution in [-0.4, -0.2) is 24.0 Å². The first-order valence-corrected chi connectivity index (χ1v) is 7.72. The van der Waals surface area contributed by atoms with Gasteiger partial charge in [0.25, 0.3) is 0 Å². The van der Waals surface area contributed by atoms with Gasteiger partial charge in [-0.25, -0.2) is 4.39 Å². The van der Waals surface area contributed by atoms with Crippen LogP contribution >= 0.6 is 0 Å². The lowest BCUT2D eigenvalue weighted by Crippen LogP contribution is -2.45. The predicted octanol–water partition coefficient (Wildman–Crippen LogP) is 3.72. The van der Waals surface area contributed by atoms with Crippen LogP contribution in [0.2, 0.25) is 0 Å². The Morgan fingerprint density at radius 2 is 1.70 bits per heavy atom. The van der Waals surface area contributed by atoms with Crippen molar-refractivity contribution in [1.29, 1.82) is 0 Å². The highest BCUT2D eigenvalue weighted by molar-refractivity contribution is 5.21. The molecule has 2 rings (SSSR count). The minimum Gasteiger partial charge on any atom is -0.323 e. The van der Waals surface area contributed by atoms with Crippen LogP contribution in [0.4, 0.5) is 4.39 Å². The molecule has 0 heterocycles. The molecule has 0 radical (unpaired) electrons. The van der Waals surface area contributed by atoms with Crippen LogP contribution in [0.25, 0.3) is 0 Å². The van der Waals surface area contributed by atoms with Gasteiger partial charge in [-0.1, -0.05) is 19.1 Å². The highest BCUT2D eigenvalue weighted by atomic mass is 19.1. The van der Waals surface area contributed by atoms with Crippen LogP contribution in [-0.2, 0) is 0 Å². The molecule has 1 aromatic rings. The Kier molecular flexibility index (Phi) is 5.17. The molecule has 2 nitrogen and oxygen atoms in total. The molecule has 112 valence electrons. The van der Waals surface area contributed by atoms with Gasteiger partial charge >= 0.3 is 0 Å². The zero-order valence-electron chi connectivity index (χ0n) is 12.8. The van der Waals surface area contributed by atoms with Crippen molar-refractivity contribution in [2.24, 2.45) is 11.7 Å². The smallest absolute Gasteiger partial charge is 0.123 e. The monoisotopic (exact) mass is 278 g/mol. The maximum atomic E-state index is 13.0. The first-order chi connectivity index (χ1) is 9.49. The summed E-state index contributed by atoms with van der Waals surface area (Å²) < 4.78 is 13.0. The van der Waals surface area contributed by atoms with Gasteiger partial charge in [-0.3, -0.25) is 4.90 Å². The van der Waals surface area contributed by atoms with Gasteiger partial charge < -0.3 is 5.73 Å². The van der Waals surface area contributed by atoms with E-state index in [0.717, 1.165) is 11.5 Å². The molecule has 1 fully saturated rings. The second-order valence-corrected chi connectivity index (χ2v) is 6.40. The summed E-state index contributed by atoms with van der Waals surface area (Å²) in [6.07, 6.45) is 5.15. The molecule has 0 saturated heterocycles. The number of rotatable bonds is 4. The Morgan fingerprint density at radius 1 is 1.15 bits per heavy atom. The third-order valence-corrected chi connectivity index (χ3v) is 4.98. The van der Waals surface area contributed by atoms with Gasteiger partial charge in [-0.2, -0.15) is 0 Å². The zero-order chi connectivity index (χ0) is 14.7. The molecular formula is C17H27FN2. The summed E-state index contributed by atoms with van der Waals surface area (Å²) in [6.45, 7) is 4.51. The Labute approximate surface area is 122 Å². The highest BCUT2D eigenvalue weighted by Gasteiger charge is 2.27. The van der Waals surface area contributed by atoms with Crippen molar-refractivity contribution >= 4 is 0 Å². The Morgan fingerprint density at radius 3 is 2.25 bits per heavy atom. The fourth-order valence-electron chi connectivity index (χ4n) is 3.20. The average molecular weight is 278 g/mol. The summed E-state index contributed by atoms with van der Waals surface area (Å²) in [5.41, 5.74) is 7.37. The van der Waals surface area contributed by atoms with Crippen molar-refractivity contribution in [2.45, 2.75) is 57.7 Å². The Hall–Kier alpha value is -0.930. The molecule has 3 heteroatoms. The maximum absolute atomic E-state index is 13.0. The molecular weight excluding hydrogens is 251 g/mol. The van der Waals surface area contributed by atoms with Crippen LogP contribution in [0.5, 0.6) is 0 Å². The normalized spacial score (nSPS) is 26.5. The lowest BCUT2D eigenvalue weighted by atomic mass is 9.85. The number of halogens is 1. The summed E-state index contributed by atoms with van der Waals surface area (Å²) in [5, 5.41) is 0. The van der Waals surface area contributed by atoms with E-state index in [4.69, 9.17) is 5.73 Å². The van der Waals surface area contributed by atoms with E-state index in [9.17, 15) is 4.39 Å². The minimum atomic E-state index is -0.205. The lowest BCUT2D eigenvalue weighted by Gasteiger charge is -2.39. The largest absolute Gasteiger partial charge is 0.323 e. The summed E-state index contributed by atoms with van der Waals surface area (Å²) >= 11 is 0. The van der Waals surface area contributed by atoms with Crippen molar-refractivity contribution in [3.63, 3.8) is 0 Å². The average Bonchev–Trinajstić information content (AvgIpc) is 2.46. The number of likely N-dealkylation sites (N-methyl/N-ethyl adjacent to an activating group) is 1. The van der Waals surface area contributed by atoms with Gasteiger partial charge in [-0.05, 0) is 63.3 Å². The second-order valence-electron chi connectivity index (χ2n) is 6.40. The summed E-state index contributed by atoms with van der Waals surface area (Å²) in [5.74, 6) is 0.656. The fourth-order valence-corrected chi connectivity index (χ4v) is 3.20. The van der Waals surface area contributed by atoms with E-state index < -0.39 is 0 Å². The number of nitrogens with zero attached hydrogens (tertiary/aromatic N) is 1. The Balaban J connectivity index is 1.98. The molecule has 0 spiro atoms. The summed E-state index contributed by atoms with van der Waals surface area (Å²) in [7, 11) is 2.18. The van der Waals surface area contributed by atoms with Crippen LogP contribution in [0.1, 0.15) is 51.1 Å². The van der Waals surface area contributed by atoms with E-state index >= 15 is 0 Å². The van der Waals surface area contributed by atoms with E-state index in [0.29, 0.717) is 6.04 Å². The van der Waals surface area contributed by atoms with E-state index in [1.54, 1.807) is 12.1 Å². The van der Waals surface area contributed by atoms with Gasteiger partial charge in [0.2, 0.25) is 0 Å².